The van der Waals surface area contributed by atoms with Crippen molar-refractivity contribution in [2.24, 2.45) is 0 Å². The molecule has 1 amide bonds. The molecule has 0 radical (unpaired) electrons. The summed E-state index contributed by atoms with van der Waals surface area (Å²) in [7, 11) is 0. The Hall–Kier alpha value is -2.69. The Kier molecular flexibility index (Phi) is 14.5. The van der Waals surface area contributed by atoms with Crippen molar-refractivity contribution in [2.45, 2.75) is 96.2 Å². The first kappa shape index (κ1) is 29.3. The summed E-state index contributed by atoms with van der Waals surface area (Å²) in [5, 5.41) is 14.5. The van der Waals surface area contributed by atoms with Gasteiger partial charge in [0.1, 0.15) is 6.04 Å². The topological polar surface area (TPSA) is 78.4 Å². The SMILES string of the molecule is C[C@H](NC(=O)c1ccc(NCCCC#CCCCCCCCCCCC(F)(F)F)cc1)C(=O)O. The molecule has 1 aromatic carbocycles. The number of benzene rings is 1. The number of rotatable bonds is 16. The number of amides is 1. The van der Waals surface area contributed by atoms with Crippen LogP contribution in [0.2, 0.25) is 0 Å². The summed E-state index contributed by atoms with van der Waals surface area (Å²) in [5.41, 5.74) is 1.29. The molecule has 1 atom stereocenters. The average molecular weight is 483 g/mol. The second-order valence-corrected chi connectivity index (χ2v) is 8.44. The van der Waals surface area contributed by atoms with Gasteiger partial charge in [-0.05, 0) is 50.5 Å². The van der Waals surface area contributed by atoms with Crippen LogP contribution >= 0.6 is 0 Å². The summed E-state index contributed by atoms with van der Waals surface area (Å²) in [6.07, 6.45) is 5.08. The van der Waals surface area contributed by atoms with E-state index >= 15 is 0 Å². The fourth-order valence-corrected chi connectivity index (χ4v) is 3.27. The Morgan fingerprint density at radius 1 is 0.882 bits per heavy atom. The van der Waals surface area contributed by atoms with Crippen molar-refractivity contribution in [1.82, 2.24) is 5.32 Å². The number of carbonyl (C=O) groups is 2. The van der Waals surface area contributed by atoms with Crippen LogP contribution in [0.4, 0.5) is 18.9 Å². The van der Waals surface area contributed by atoms with Crippen molar-refractivity contribution >= 4 is 17.6 Å². The highest BCUT2D eigenvalue weighted by Crippen LogP contribution is 2.23. The lowest BCUT2D eigenvalue weighted by Crippen LogP contribution is -2.38. The molecule has 5 nitrogen and oxygen atoms in total. The van der Waals surface area contributed by atoms with Crippen molar-refractivity contribution in [3.63, 3.8) is 0 Å². The van der Waals surface area contributed by atoms with Gasteiger partial charge >= 0.3 is 12.1 Å². The van der Waals surface area contributed by atoms with Gasteiger partial charge in [-0.15, -0.1) is 11.8 Å². The lowest BCUT2D eigenvalue weighted by atomic mass is 10.1. The maximum atomic E-state index is 12.0. The molecule has 0 fully saturated rings. The van der Waals surface area contributed by atoms with E-state index in [2.05, 4.69) is 22.5 Å². The van der Waals surface area contributed by atoms with E-state index in [0.717, 1.165) is 70.0 Å². The third-order valence-corrected chi connectivity index (χ3v) is 5.31. The number of carboxylic acid groups (broad SMARTS) is 1. The predicted molar refractivity (Wildman–Crippen MR) is 129 cm³/mol. The van der Waals surface area contributed by atoms with Crippen LogP contribution in [0.15, 0.2) is 24.3 Å². The van der Waals surface area contributed by atoms with E-state index in [0.29, 0.717) is 12.0 Å². The van der Waals surface area contributed by atoms with Crippen molar-refractivity contribution < 1.29 is 27.9 Å². The maximum absolute atomic E-state index is 12.0. The quantitative estimate of drug-likeness (QED) is 0.184. The molecule has 0 unspecified atom stereocenters. The van der Waals surface area contributed by atoms with Gasteiger partial charge in [-0.1, -0.05) is 38.5 Å². The van der Waals surface area contributed by atoms with Crippen molar-refractivity contribution in [3.8, 4) is 11.8 Å². The first-order valence-electron chi connectivity index (χ1n) is 12.1. The number of hydrogen-bond acceptors (Lipinski definition) is 3. The molecule has 3 N–H and O–H groups in total. The van der Waals surface area contributed by atoms with Gasteiger partial charge in [-0.3, -0.25) is 9.59 Å². The number of hydrogen-bond donors (Lipinski definition) is 3. The summed E-state index contributed by atoms with van der Waals surface area (Å²) in [6.45, 7) is 2.18. The van der Waals surface area contributed by atoms with Gasteiger partial charge in [-0.25, -0.2) is 0 Å². The van der Waals surface area contributed by atoms with Gasteiger partial charge in [0.15, 0.2) is 0 Å². The van der Waals surface area contributed by atoms with Crippen LogP contribution in [0.25, 0.3) is 0 Å². The van der Waals surface area contributed by atoms with Crippen LogP contribution in [-0.2, 0) is 4.79 Å². The van der Waals surface area contributed by atoms with Crippen LogP contribution in [0.5, 0.6) is 0 Å². The van der Waals surface area contributed by atoms with Crippen LogP contribution in [0.1, 0.15) is 94.3 Å². The minimum atomic E-state index is -4.02. The van der Waals surface area contributed by atoms with Gasteiger partial charge in [0.05, 0.1) is 0 Å². The number of halogens is 3. The van der Waals surface area contributed by atoms with Gasteiger partial charge in [0.2, 0.25) is 0 Å². The largest absolute Gasteiger partial charge is 0.480 e. The monoisotopic (exact) mass is 482 g/mol. The zero-order chi connectivity index (χ0) is 25.2. The van der Waals surface area contributed by atoms with Crippen molar-refractivity contribution in [1.29, 1.82) is 0 Å². The molecule has 0 aliphatic rings. The minimum Gasteiger partial charge on any atom is -0.480 e. The summed E-state index contributed by atoms with van der Waals surface area (Å²) in [6, 6.07) is 5.94. The van der Waals surface area contributed by atoms with Gasteiger partial charge in [0.25, 0.3) is 5.91 Å². The minimum absolute atomic E-state index is 0.245. The van der Waals surface area contributed by atoms with E-state index in [1.165, 1.54) is 6.92 Å². The summed E-state index contributed by atoms with van der Waals surface area (Å²) in [4.78, 5) is 22.8. The third kappa shape index (κ3) is 15.2. The highest BCUT2D eigenvalue weighted by atomic mass is 19.4. The molecule has 1 aromatic rings. The molecular formula is C26H37F3N2O3. The smallest absolute Gasteiger partial charge is 0.389 e. The third-order valence-electron chi connectivity index (χ3n) is 5.31. The molecule has 1 rings (SSSR count). The number of carbonyl (C=O) groups excluding carboxylic acids is 1. The number of nitrogens with one attached hydrogen (secondary N) is 2. The zero-order valence-electron chi connectivity index (χ0n) is 20.0. The molecule has 0 heterocycles. The Morgan fingerprint density at radius 3 is 1.97 bits per heavy atom. The summed E-state index contributed by atoms with van der Waals surface area (Å²) in [5.74, 6) is 4.87. The maximum Gasteiger partial charge on any atom is 0.389 e. The molecule has 8 heteroatoms. The lowest BCUT2D eigenvalue weighted by Gasteiger charge is -2.10. The Morgan fingerprint density at radius 2 is 1.41 bits per heavy atom. The van der Waals surface area contributed by atoms with Crippen LogP contribution in [0, 0.1) is 11.8 Å². The zero-order valence-corrected chi connectivity index (χ0v) is 20.0. The molecule has 0 saturated heterocycles. The predicted octanol–water partition coefficient (Wildman–Crippen LogP) is 6.55. The molecule has 0 aliphatic heterocycles. The fourth-order valence-electron chi connectivity index (χ4n) is 3.27. The standard InChI is InChI=1S/C26H37F3N2O3/c1-21(25(33)34)31-24(32)22-15-17-23(18-16-22)30-20-14-12-10-8-6-4-2-3-5-7-9-11-13-19-26(27,28)29/h15-18,21,30H,2-7,9,11-14,19-20H2,1H3,(H,31,32)(H,33,34)/t21-/m0/s1. The lowest BCUT2D eigenvalue weighted by molar-refractivity contribution is -0.139. The van der Waals surface area contributed by atoms with Crippen LogP contribution in [0.3, 0.4) is 0 Å². The molecule has 0 aliphatic carbocycles. The van der Waals surface area contributed by atoms with E-state index in [-0.39, 0.29) is 6.42 Å². The Bertz CT molecular complexity index is 783. The number of alkyl halides is 3. The number of anilines is 1. The van der Waals surface area contributed by atoms with Crippen molar-refractivity contribution in [3.05, 3.63) is 29.8 Å². The molecule has 34 heavy (non-hydrogen) atoms. The molecule has 0 spiro atoms. The van der Waals surface area contributed by atoms with E-state index < -0.39 is 30.5 Å². The van der Waals surface area contributed by atoms with E-state index in [1.807, 2.05) is 0 Å². The molecule has 0 aromatic heterocycles. The van der Waals surface area contributed by atoms with Gasteiger partial charge in [0, 0.05) is 37.1 Å². The van der Waals surface area contributed by atoms with Crippen molar-refractivity contribution in [2.75, 3.05) is 11.9 Å². The molecule has 0 bridgehead atoms. The molecule has 190 valence electrons. The first-order valence-corrected chi connectivity index (χ1v) is 12.1. The Labute approximate surface area is 200 Å². The second kappa shape index (κ2) is 16.9. The summed E-state index contributed by atoms with van der Waals surface area (Å²) < 4.78 is 36.1. The van der Waals surface area contributed by atoms with E-state index in [1.54, 1.807) is 24.3 Å². The highest BCUT2D eigenvalue weighted by molar-refractivity contribution is 5.96. The summed E-state index contributed by atoms with van der Waals surface area (Å²) >= 11 is 0. The number of unbranched alkanes of at least 4 members (excludes halogenated alkanes) is 9. The fraction of sp³-hybridized carbons (Fsp3) is 0.615. The highest BCUT2D eigenvalue weighted by Gasteiger charge is 2.25. The number of aliphatic carboxylic acids is 1. The number of carboxylic acids is 1. The first-order chi connectivity index (χ1) is 16.2. The molecule has 0 saturated carbocycles. The van der Waals surface area contributed by atoms with Gasteiger partial charge < -0.3 is 15.7 Å². The van der Waals surface area contributed by atoms with E-state index in [9.17, 15) is 22.8 Å². The second-order valence-electron chi connectivity index (χ2n) is 8.44. The van der Waals surface area contributed by atoms with Crippen LogP contribution in [-0.4, -0.2) is 35.7 Å². The van der Waals surface area contributed by atoms with Gasteiger partial charge in [-0.2, -0.15) is 13.2 Å². The van der Waals surface area contributed by atoms with E-state index in [4.69, 9.17) is 5.11 Å². The average Bonchev–Trinajstić information content (AvgIpc) is 2.78. The normalized spacial score (nSPS) is 11.9. The molecular weight excluding hydrogens is 445 g/mol. The Balaban J connectivity index is 2.01. The van der Waals surface area contributed by atoms with Crippen LogP contribution < -0.4 is 10.6 Å².